The molecule has 0 bridgehead atoms. The third kappa shape index (κ3) is 2.46. The predicted molar refractivity (Wildman–Crippen MR) is 81.1 cm³/mol. The van der Waals surface area contributed by atoms with Gasteiger partial charge in [0.1, 0.15) is 0 Å². The quantitative estimate of drug-likeness (QED) is 0.912. The Morgan fingerprint density at radius 3 is 2.50 bits per heavy atom. The Balaban J connectivity index is 2.06. The number of benzene rings is 1. The Bertz CT molecular complexity index is 643. The van der Waals surface area contributed by atoms with Crippen LogP contribution >= 0.6 is 0 Å². The predicted octanol–water partition coefficient (Wildman–Crippen LogP) is 2.74. The molecule has 1 aromatic heterocycles. The van der Waals surface area contributed by atoms with E-state index in [-0.39, 0.29) is 5.56 Å². The highest BCUT2D eigenvalue weighted by Crippen LogP contribution is 2.22. The average molecular weight is 269 g/mol. The third-order valence-corrected chi connectivity index (χ3v) is 3.84. The fraction of sp³-hybridized carbons (Fsp3) is 0.375. The van der Waals surface area contributed by atoms with Gasteiger partial charge in [0.2, 0.25) is 5.95 Å². The molecule has 104 valence electrons. The molecule has 0 unspecified atom stereocenters. The molecule has 2 aromatic rings. The smallest absolute Gasteiger partial charge is 0.255 e. The number of rotatable bonds is 2. The van der Waals surface area contributed by atoms with E-state index < -0.39 is 0 Å². The summed E-state index contributed by atoms with van der Waals surface area (Å²) in [6, 6.07) is 9.90. The molecule has 4 heteroatoms. The number of aromatic amines is 1. The molecule has 0 radical (unpaired) electrons. The molecule has 1 N–H and O–H groups in total. The molecule has 20 heavy (non-hydrogen) atoms. The van der Waals surface area contributed by atoms with E-state index in [2.05, 4.69) is 9.88 Å². The van der Waals surface area contributed by atoms with Crippen LogP contribution in [0.4, 0.5) is 5.95 Å². The van der Waals surface area contributed by atoms with Gasteiger partial charge in [0.05, 0.1) is 5.69 Å². The fourth-order valence-corrected chi connectivity index (χ4v) is 2.65. The topological polar surface area (TPSA) is 49.0 Å². The zero-order valence-corrected chi connectivity index (χ0v) is 11.7. The molecule has 4 nitrogen and oxygen atoms in total. The Morgan fingerprint density at radius 2 is 1.80 bits per heavy atom. The zero-order chi connectivity index (χ0) is 13.9. The van der Waals surface area contributed by atoms with Crippen LogP contribution < -0.4 is 10.5 Å². The molecule has 0 spiro atoms. The maximum atomic E-state index is 12.2. The van der Waals surface area contributed by atoms with Crippen LogP contribution in [0.2, 0.25) is 0 Å². The molecule has 0 saturated carbocycles. The monoisotopic (exact) mass is 269 g/mol. The van der Waals surface area contributed by atoms with Crippen molar-refractivity contribution in [1.29, 1.82) is 0 Å². The normalized spacial score (nSPS) is 15.3. The molecule has 2 heterocycles. The van der Waals surface area contributed by atoms with E-state index >= 15 is 0 Å². The minimum atomic E-state index is -0.0422. The summed E-state index contributed by atoms with van der Waals surface area (Å²) in [6.45, 7) is 3.77. The van der Waals surface area contributed by atoms with Crippen LogP contribution in [0.15, 0.2) is 35.1 Å². The van der Waals surface area contributed by atoms with Gasteiger partial charge in [-0.3, -0.25) is 9.78 Å². The number of H-pyrrole nitrogens is 1. The van der Waals surface area contributed by atoms with Crippen molar-refractivity contribution < 1.29 is 0 Å². The van der Waals surface area contributed by atoms with E-state index in [1.807, 2.05) is 37.3 Å². The summed E-state index contributed by atoms with van der Waals surface area (Å²) in [5.74, 6) is 0.708. The molecule has 1 saturated heterocycles. The first-order chi connectivity index (χ1) is 9.75. The first kappa shape index (κ1) is 12.9. The molecule has 1 aliphatic rings. The molecule has 0 amide bonds. The maximum absolute atomic E-state index is 12.2. The van der Waals surface area contributed by atoms with Gasteiger partial charge in [-0.05, 0) is 26.2 Å². The molecule has 1 aliphatic heterocycles. The third-order valence-electron chi connectivity index (χ3n) is 3.84. The number of hydrogen-bond acceptors (Lipinski definition) is 3. The number of nitrogens with zero attached hydrogens (tertiary/aromatic N) is 2. The Labute approximate surface area is 118 Å². The van der Waals surface area contributed by atoms with E-state index in [1.165, 1.54) is 6.42 Å². The van der Waals surface area contributed by atoms with Gasteiger partial charge >= 0.3 is 0 Å². The van der Waals surface area contributed by atoms with Crippen LogP contribution in [0.25, 0.3) is 11.3 Å². The second-order valence-corrected chi connectivity index (χ2v) is 5.28. The SMILES string of the molecule is Cc1c(-c2ccccc2)nc(N2CCCCC2)[nH]c1=O. The van der Waals surface area contributed by atoms with Gasteiger partial charge in [0.25, 0.3) is 5.56 Å². The Morgan fingerprint density at radius 1 is 1.10 bits per heavy atom. The van der Waals surface area contributed by atoms with Gasteiger partial charge in [-0.25, -0.2) is 4.98 Å². The van der Waals surface area contributed by atoms with Gasteiger partial charge in [-0.1, -0.05) is 30.3 Å². The Hall–Kier alpha value is -2.10. The van der Waals surface area contributed by atoms with Crippen molar-refractivity contribution in [3.8, 4) is 11.3 Å². The number of hydrogen-bond donors (Lipinski definition) is 1. The molecule has 0 aliphatic carbocycles. The molecular formula is C16H19N3O. The lowest BCUT2D eigenvalue weighted by molar-refractivity contribution is 0.567. The largest absolute Gasteiger partial charge is 0.342 e. The van der Waals surface area contributed by atoms with Crippen molar-refractivity contribution in [3.63, 3.8) is 0 Å². The molecule has 1 aromatic carbocycles. The molecular weight excluding hydrogens is 250 g/mol. The Kier molecular flexibility index (Phi) is 3.54. The van der Waals surface area contributed by atoms with Crippen molar-refractivity contribution in [3.05, 3.63) is 46.2 Å². The van der Waals surface area contributed by atoms with Crippen LogP contribution in [-0.4, -0.2) is 23.1 Å². The minimum Gasteiger partial charge on any atom is -0.342 e. The lowest BCUT2D eigenvalue weighted by atomic mass is 10.1. The number of piperidine rings is 1. The van der Waals surface area contributed by atoms with Gasteiger partial charge in [0, 0.05) is 24.2 Å². The summed E-state index contributed by atoms with van der Waals surface area (Å²) >= 11 is 0. The summed E-state index contributed by atoms with van der Waals surface area (Å²) in [6.07, 6.45) is 3.59. The molecule has 3 rings (SSSR count). The van der Waals surface area contributed by atoms with Crippen LogP contribution in [-0.2, 0) is 0 Å². The van der Waals surface area contributed by atoms with Gasteiger partial charge in [-0.2, -0.15) is 0 Å². The highest BCUT2D eigenvalue weighted by molar-refractivity contribution is 5.63. The van der Waals surface area contributed by atoms with Crippen molar-refractivity contribution in [2.24, 2.45) is 0 Å². The van der Waals surface area contributed by atoms with E-state index in [0.717, 1.165) is 37.2 Å². The van der Waals surface area contributed by atoms with Crippen LogP contribution in [0.1, 0.15) is 24.8 Å². The first-order valence-electron chi connectivity index (χ1n) is 7.17. The van der Waals surface area contributed by atoms with Gasteiger partial charge in [0.15, 0.2) is 0 Å². The summed E-state index contributed by atoms with van der Waals surface area (Å²) in [4.78, 5) is 21.9. The summed E-state index contributed by atoms with van der Waals surface area (Å²) in [7, 11) is 0. The average Bonchev–Trinajstić information content (AvgIpc) is 2.51. The van der Waals surface area contributed by atoms with Gasteiger partial charge < -0.3 is 4.90 Å². The zero-order valence-electron chi connectivity index (χ0n) is 11.7. The second-order valence-electron chi connectivity index (χ2n) is 5.28. The number of aromatic nitrogens is 2. The molecule has 0 atom stereocenters. The fourth-order valence-electron chi connectivity index (χ4n) is 2.65. The van der Waals surface area contributed by atoms with Crippen molar-refractivity contribution in [2.45, 2.75) is 26.2 Å². The van der Waals surface area contributed by atoms with Crippen molar-refractivity contribution >= 4 is 5.95 Å². The van der Waals surface area contributed by atoms with E-state index in [1.54, 1.807) is 0 Å². The molecule has 1 fully saturated rings. The number of nitrogens with one attached hydrogen (secondary N) is 1. The van der Waals surface area contributed by atoms with Crippen LogP contribution in [0.5, 0.6) is 0 Å². The summed E-state index contributed by atoms with van der Waals surface area (Å²) < 4.78 is 0. The lowest BCUT2D eigenvalue weighted by Crippen LogP contribution is -2.33. The van der Waals surface area contributed by atoms with Gasteiger partial charge in [-0.15, -0.1) is 0 Å². The lowest BCUT2D eigenvalue weighted by Gasteiger charge is -2.27. The van der Waals surface area contributed by atoms with Crippen molar-refractivity contribution in [1.82, 2.24) is 9.97 Å². The maximum Gasteiger partial charge on any atom is 0.255 e. The summed E-state index contributed by atoms with van der Waals surface area (Å²) in [5.41, 5.74) is 2.42. The van der Waals surface area contributed by atoms with Crippen LogP contribution in [0.3, 0.4) is 0 Å². The second kappa shape index (κ2) is 5.49. The summed E-state index contributed by atoms with van der Waals surface area (Å²) in [5, 5.41) is 0. The highest BCUT2D eigenvalue weighted by atomic mass is 16.1. The minimum absolute atomic E-state index is 0.0422. The van der Waals surface area contributed by atoms with Crippen molar-refractivity contribution in [2.75, 3.05) is 18.0 Å². The van der Waals surface area contributed by atoms with Crippen LogP contribution in [0, 0.1) is 6.92 Å². The number of anilines is 1. The highest BCUT2D eigenvalue weighted by Gasteiger charge is 2.16. The standard InChI is InChI=1S/C16H19N3O/c1-12-14(13-8-4-2-5-9-13)17-16(18-15(12)20)19-10-6-3-7-11-19/h2,4-5,8-9H,3,6-7,10-11H2,1H3,(H,17,18,20). The van der Waals surface area contributed by atoms with E-state index in [9.17, 15) is 4.79 Å². The first-order valence-corrected chi connectivity index (χ1v) is 7.17. The van der Waals surface area contributed by atoms with E-state index in [0.29, 0.717) is 11.5 Å². The van der Waals surface area contributed by atoms with E-state index in [4.69, 9.17) is 4.98 Å².